The number of benzene rings is 2. The summed E-state index contributed by atoms with van der Waals surface area (Å²) in [6.45, 7) is 4.79. The standard InChI is InChI=1S/C19H18N2O4/c1-11-17(12(2)25-21-11)19(23)24-13(3)18(22)20-16-9-8-14-6-4-5-7-15(14)10-16/h4-10,13H,1-3H3,(H,20,22)/t13-/m0/s1. The lowest BCUT2D eigenvalue weighted by Gasteiger charge is -2.13. The van der Waals surface area contributed by atoms with E-state index in [4.69, 9.17) is 9.26 Å². The van der Waals surface area contributed by atoms with Gasteiger partial charge in [0.15, 0.2) is 6.10 Å². The second-order valence-electron chi connectivity index (χ2n) is 5.80. The van der Waals surface area contributed by atoms with Crippen LogP contribution in [0, 0.1) is 13.8 Å². The Morgan fingerprint density at radius 1 is 1.12 bits per heavy atom. The fourth-order valence-corrected chi connectivity index (χ4v) is 2.56. The number of fused-ring (bicyclic) bond motifs is 1. The fourth-order valence-electron chi connectivity index (χ4n) is 2.56. The van der Waals surface area contributed by atoms with Crippen LogP contribution in [0.1, 0.15) is 28.7 Å². The molecular weight excluding hydrogens is 320 g/mol. The molecule has 0 radical (unpaired) electrons. The number of aromatic nitrogens is 1. The number of hydrogen-bond donors (Lipinski definition) is 1. The summed E-state index contributed by atoms with van der Waals surface area (Å²) >= 11 is 0. The zero-order chi connectivity index (χ0) is 18.0. The Kier molecular flexibility index (Phi) is 4.52. The molecule has 0 unspecified atom stereocenters. The summed E-state index contributed by atoms with van der Waals surface area (Å²) in [6, 6.07) is 13.4. The van der Waals surface area contributed by atoms with Gasteiger partial charge < -0.3 is 14.6 Å². The van der Waals surface area contributed by atoms with E-state index >= 15 is 0 Å². The minimum absolute atomic E-state index is 0.255. The number of carbonyl (C=O) groups is 2. The molecule has 0 aliphatic rings. The number of esters is 1. The first-order valence-corrected chi connectivity index (χ1v) is 7.89. The first-order chi connectivity index (χ1) is 12.0. The second-order valence-corrected chi connectivity index (χ2v) is 5.80. The number of anilines is 1. The van der Waals surface area contributed by atoms with Crippen LogP contribution in [0.2, 0.25) is 0 Å². The fraction of sp³-hybridized carbons (Fsp3) is 0.211. The highest BCUT2D eigenvalue weighted by atomic mass is 16.5. The highest BCUT2D eigenvalue weighted by molar-refractivity contribution is 5.99. The molecule has 25 heavy (non-hydrogen) atoms. The number of amides is 1. The monoisotopic (exact) mass is 338 g/mol. The molecule has 3 rings (SSSR count). The molecule has 1 aromatic heterocycles. The third-order valence-corrected chi connectivity index (χ3v) is 3.91. The van der Waals surface area contributed by atoms with Gasteiger partial charge in [0, 0.05) is 5.69 Å². The minimum atomic E-state index is -0.951. The number of nitrogens with zero attached hydrogens (tertiary/aromatic N) is 1. The average Bonchev–Trinajstić information content (AvgIpc) is 2.93. The SMILES string of the molecule is Cc1noc(C)c1C(=O)O[C@@H](C)C(=O)Nc1ccc2ccccc2c1. The molecule has 0 spiro atoms. The Bertz CT molecular complexity index is 926. The molecule has 1 amide bonds. The maximum absolute atomic E-state index is 12.3. The summed E-state index contributed by atoms with van der Waals surface area (Å²) in [5, 5.41) is 8.56. The van der Waals surface area contributed by atoms with Crippen molar-refractivity contribution in [3.8, 4) is 0 Å². The molecule has 128 valence electrons. The molecule has 2 aromatic carbocycles. The molecular formula is C19H18N2O4. The lowest BCUT2D eigenvalue weighted by molar-refractivity contribution is -0.123. The lowest BCUT2D eigenvalue weighted by atomic mass is 10.1. The van der Waals surface area contributed by atoms with Gasteiger partial charge in [0.05, 0.1) is 5.69 Å². The number of rotatable bonds is 4. The topological polar surface area (TPSA) is 81.4 Å². The Hall–Kier alpha value is -3.15. The predicted octanol–water partition coefficient (Wildman–Crippen LogP) is 3.63. The quantitative estimate of drug-likeness (QED) is 0.735. The van der Waals surface area contributed by atoms with E-state index in [9.17, 15) is 9.59 Å². The zero-order valence-electron chi connectivity index (χ0n) is 14.2. The third-order valence-electron chi connectivity index (χ3n) is 3.91. The van der Waals surface area contributed by atoms with Crippen molar-refractivity contribution in [2.24, 2.45) is 0 Å². The van der Waals surface area contributed by atoms with Gasteiger partial charge in [0.25, 0.3) is 5.91 Å². The van der Waals surface area contributed by atoms with Crippen LogP contribution < -0.4 is 5.32 Å². The van der Waals surface area contributed by atoms with Crippen LogP contribution >= 0.6 is 0 Å². The van der Waals surface area contributed by atoms with Gasteiger partial charge in [0.1, 0.15) is 11.3 Å². The van der Waals surface area contributed by atoms with Crippen LogP contribution in [0.15, 0.2) is 47.0 Å². The zero-order valence-corrected chi connectivity index (χ0v) is 14.2. The summed E-state index contributed by atoms with van der Waals surface area (Å²) in [5.41, 5.74) is 1.33. The first kappa shape index (κ1) is 16.7. The Balaban J connectivity index is 1.68. The summed E-state index contributed by atoms with van der Waals surface area (Å²) in [4.78, 5) is 24.5. The highest BCUT2D eigenvalue weighted by Crippen LogP contribution is 2.19. The van der Waals surface area contributed by atoms with Crippen molar-refractivity contribution in [1.82, 2.24) is 5.16 Å². The van der Waals surface area contributed by atoms with Crippen LogP contribution in [0.5, 0.6) is 0 Å². The van der Waals surface area contributed by atoms with Gasteiger partial charge in [0.2, 0.25) is 0 Å². The largest absolute Gasteiger partial charge is 0.449 e. The van der Waals surface area contributed by atoms with Crippen molar-refractivity contribution >= 4 is 28.3 Å². The highest BCUT2D eigenvalue weighted by Gasteiger charge is 2.24. The Labute approximate surface area is 144 Å². The van der Waals surface area contributed by atoms with Gasteiger partial charge in [-0.25, -0.2) is 4.79 Å². The van der Waals surface area contributed by atoms with Crippen LogP contribution in [0.4, 0.5) is 5.69 Å². The molecule has 3 aromatic rings. The Morgan fingerprint density at radius 3 is 2.52 bits per heavy atom. The predicted molar refractivity (Wildman–Crippen MR) is 93.4 cm³/mol. The van der Waals surface area contributed by atoms with Gasteiger partial charge in [-0.05, 0) is 43.7 Å². The van der Waals surface area contributed by atoms with Gasteiger partial charge in [-0.3, -0.25) is 4.79 Å². The van der Waals surface area contributed by atoms with E-state index < -0.39 is 18.0 Å². The summed E-state index contributed by atoms with van der Waals surface area (Å²) < 4.78 is 10.2. The molecule has 1 heterocycles. The van der Waals surface area contributed by atoms with Crippen LogP contribution in [-0.2, 0) is 9.53 Å². The molecule has 0 saturated carbocycles. The van der Waals surface area contributed by atoms with Crippen molar-refractivity contribution in [2.75, 3.05) is 5.32 Å². The number of ether oxygens (including phenoxy) is 1. The molecule has 0 saturated heterocycles. The van der Waals surface area contributed by atoms with Crippen LogP contribution in [0.3, 0.4) is 0 Å². The number of nitrogens with one attached hydrogen (secondary N) is 1. The Morgan fingerprint density at radius 2 is 1.84 bits per heavy atom. The lowest BCUT2D eigenvalue weighted by Crippen LogP contribution is -2.30. The van der Waals surface area contributed by atoms with E-state index in [2.05, 4.69) is 10.5 Å². The molecule has 1 N–H and O–H groups in total. The van der Waals surface area contributed by atoms with Gasteiger partial charge in [-0.2, -0.15) is 0 Å². The molecule has 0 aliphatic carbocycles. The molecule has 0 fully saturated rings. The van der Waals surface area contributed by atoms with Crippen LogP contribution in [0.25, 0.3) is 10.8 Å². The summed E-state index contributed by atoms with van der Waals surface area (Å²) in [5.74, 6) is -0.669. The molecule has 1 atom stereocenters. The van der Waals surface area contributed by atoms with Crippen molar-refractivity contribution in [3.63, 3.8) is 0 Å². The average molecular weight is 338 g/mol. The van der Waals surface area contributed by atoms with Crippen LogP contribution in [-0.4, -0.2) is 23.1 Å². The third kappa shape index (κ3) is 3.52. The van der Waals surface area contributed by atoms with Crippen molar-refractivity contribution in [2.45, 2.75) is 26.9 Å². The number of carbonyl (C=O) groups excluding carboxylic acids is 2. The second kappa shape index (κ2) is 6.76. The number of aryl methyl sites for hydroxylation is 2. The molecule has 6 heteroatoms. The smallest absolute Gasteiger partial charge is 0.344 e. The first-order valence-electron chi connectivity index (χ1n) is 7.89. The van der Waals surface area contributed by atoms with E-state index in [-0.39, 0.29) is 5.56 Å². The van der Waals surface area contributed by atoms with E-state index in [1.807, 2.05) is 42.5 Å². The van der Waals surface area contributed by atoms with Gasteiger partial charge in [-0.15, -0.1) is 0 Å². The van der Waals surface area contributed by atoms with Gasteiger partial charge in [-0.1, -0.05) is 35.5 Å². The minimum Gasteiger partial charge on any atom is -0.449 e. The van der Waals surface area contributed by atoms with E-state index in [1.54, 1.807) is 13.8 Å². The van der Waals surface area contributed by atoms with Crippen molar-refractivity contribution in [1.29, 1.82) is 0 Å². The molecule has 0 aliphatic heterocycles. The maximum Gasteiger partial charge on any atom is 0.344 e. The van der Waals surface area contributed by atoms with Gasteiger partial charge >= 0.3 is 5.97 Å². The normalized spacial score (nSPS) is 12.0. The molecule has 0 bridgehead atoms. The summed E-state index contributed by atoms with van der Waals surface area (Å²) in [6.07, 6.45) is -0.951. The number of hydrogen-bond acceptors (Lipinski definition) is 5. The van der Waals surface area contributed by atoms with E-state index in [0.717, 1.165) is 10.8 Å². The van der Waals surface area contributed by atoms with Crippen molar-refractivity contribution < 1.29 is 18.8 Å². The summed E-state index contributed by atoms with van der Waals surface area (Å²) in [7, 11) is 0. The van der Waals surface area contributed by atoms with E-state index in [1.165, 1.54) is 6.92 Å². The van der Waals surface area contributed by atoms with Crippen molar-refractivity contribution in [3.05, 3.63) is 59.5 Å². The maximum atomic E-state index is 12.3. The van der Waals surface area contributed by atoms with E-state index in [0.29, 0.717) is 17.1 Å². The molecule has 6 nitrogen and oxygen atoms in total.